The fraction of sp³-hybridized carbons (Fsp3) is 0.176. The summed E-state index contributed by atoms with van der Waals surface area (Å²) < 4.78 is 0. The third-order valence-corrected chi connectivity index (χ3v) is 3.21. The van der Waals surface area contributed by atoms with E-state index in [-0.39, 0.29) is 5.91 Å². The molecular formula is C17H18N2O. The van der Waals surface area contributed by atoms with E-state index in [0.29, 0.717) is 12.1 Å². The number of hydrogen-bond acceptors (Lipinski definition) is 2. The van der Waals surface area contributed by atoms with Gasteiger partial charge in [-0.25, -0.2) is 0 Å². The van der Waals surface area contributed by atoms with E-state index < -0.39 is 0 Å². The van der Waals surface area contributed by atoms with Gasteiger partial charge in [-0.3, -0.25) is 9.78 Å². The van der Waals surface area contributed by atoms with Gasteiger partial charge in [0.1, 0.15) is 0 Å². The minimum Gasteiger partial charge on any atom is -0.348 e. The van der Waals surface area contributed by atoms with Crippen LogP contribution < -0.4 is 5.32 Å². The van der Waals surface area contributed by atoms with Gasteiger partial charge in [0, 0.05) is 29.9 Å². The second-order valence-corrected chi connectivity index (χ2v) is 4.50. The molecule has 0 aliphatic carbocycles. The van der Waals surface area contributed by atoms with Crippen molar-refractivity contribution in [3.63, 3.8) is 0 Å². The molecule has 0 fully saturated rings. The third-order valence-electron chi connectivity index (χ3n) is 3.21. The van der Waals surface area contributed by atoms with Gasteiger partial charge in [0.2, 0.25) is 0 Å². The van der Waals surface area contributed by atoms with E-state index in [9.17, 15) is 4.79 Å². The molecule has 0 bridgehead atoms. The summed E-state index contributed by atoms with van der Waals surface area (Å²) in [4.78, 5) is 16.4. The Labute approximate surface area is 119 Å². The molecule has 0 spiro atoms. The molecular weight excluding hydrogens is 248 g/mol. The Balaban J connectivity index is 2.20. The summed E-state index contributed by atoms with van der Waals surface area (Å²) >= 11 is 0. The van der Waals surface area contributed by atoms with Crippen molar-refractivity contribution in [2.75, 3.05) is 6.54 Å². The summed E-state index contributed by atoms with van der Waals surface area (Å²) in [7, 11) is 0. The molecule has 0 unspecified atom stereocenters. The topological polar surface area (TPSA) is 42.0 Å². The van der Waals surface area contributed by atoms with Crippen molar-refractivity contribution in [3.8, 4) is 0 Å². The van der Waals surface area contributed by atoms with Crippen molar-refractivity contribution in [2.24, 2.45) is 0 Å². The number of amides is 1. The fourth-order valence-electron chi connectivity index (χ4n) is 2.08. The van der Waals surface area contributed by atoms with E-state index >= 15 is 0 Å². The van der Waals surface area contributed by atoms with Crippen LogP contribution in [0.4, 0.5) is 0 Å². The molecule has 0 radical (unpaired) electrons. The molecule has 0 aliphatic rings. The predicted molar refractivity (Wildman–Crippen MR) is 82.6 cm³/mol. The van der Waals surface area contributed by atoms with Gasteiger partial charge in [0.25, 0.3) is 5.91 Å². The van der Waals surface area contributed by atoms with Crippen LogP contribution in [0.5, 0.6) is 0 Å². The number of benzene rings is 1. The first-order chi connectivity index (χ1) is 9.76. The molecule has 3 heteroatoms. The first-order valence-corrected chi connectivity index (χ1v) is 6.67. The number of carbonyl (C=O) groups is 1. The summed E-state index contributed by atoms with van der Waals surface area (Å²) in [5, 5.41) is 4.84. The number of fused-ring (bicyclic) bond motifs is 1. The quantitative estimate of drug-likeness (QED) is 0.842. The molecule has 2 rings (SSSR count). The Morgan fingerprint density at radius 3 is 3.00 bits per heavy atom. The maximum atomic E-state index is 12.3. The number of carbonyl (C=O) groups excluding carboxylic acids is 1. The molecule has 1 amide bonds. The summed E-state index contributed by atoms with van der Waals surface area (Å²) in [6.45, 7) is 6.28. The second kappa shape index (κ2) is 6.66. The van der Waals surface area contributed by atoms with E-state index in [4.69, 9.17) is 0 Å². The minimum atomic E-state index is -0.0646. The van der Waals surface area contributed by atoms with Crippen LogP contribution in [-0.2, 0) is 0 Å². The van der Waals surface area contributed by atoms with Gasteiger partial charge in [-0.15, -0.1) is 0 Å². The monoisotopic (exact) mass is 266 g/mol. The van der Waals surface area contributed by atoms with Gasteiger partial charge in [0.15, 0.2) is 0 Å². The maximum Gasteiger partial charge on any atom is 0.252 e. The van der Waals surface area contributed by atoms with Gasteiger partial charge < -0.3 is 5.32 Å². The highest BCUT2D eigenvalue weighted by molar-refractivity contribution is 6.06. The third kappa shape index (κ3) is 3.12. The number of nitrogens with zero attached hydrogens (tertiary/aromatic N) is 1. The van der Waals surface area contributed by atoms with Crippen molar-refractivity contribution in [1.82, 2.24) is 10.3 Å². The van der Waals surface area contributed by atoms with Crippen molar-refractivity contribution in [3.05, 3.63) is 66.5 Å². The Morgan fingerprint density at radius 2 is 2.25 bits per heavy atom. The van der Waals surface area contributed by atoms with Gasteiger partial charge in [-0.05, 0) is 23.9 Å². The molecule has 3 nitrogen and oxygen atoms in total. The largest absolute Gasteiger partial charge is 0.348 e. The molecule has 20 heavy (non-hydrogen) atoms. The van der Waals surface area contributed by atoms with Crippen LogP contribution in [0, 0.1) is 0 Å². The zero-order valence-electron chi connectivity index (χ0n) is 11.6. The standard InChI is InChI=1S/C17H18N2O/c1-3-6-13(4-2)11-19-17(20)16-8-5-7-14-12-18-10-9-15(14)16/h3,5-10,12H,1,4,11H2,2H3,(H,19,20)/b13-6+. The Morgan fingerprint density at radius 1 is 1.40 bits per heavy atom. The van der Waals surface area contributed by atoms with Crippen molar-refractivity contribution < 1.29 is 4.79 Å². The minimum absolute atomic E-state index is 0.0646. The van der Waals surface area contributed by atoms with Crippen molar-refractivity contribution >= 4 is 16.7 Å². The molecule has 0 saturated carbocycles. The van der Waals surface area contributed by atoms with Crippen LogP contribution in [0.15, 0.2) is 61.0 Å². The van der Waals surface area contributed by atoms with Gasteiger partial charge >= 0.3 is 0 Å². The molecule has 0 atom stereocenters. The number of allylic oxidation sites excluding steroid dienone is 2. The molecule has 1 N–H and O–H groups in total. The highest BCUT2D eigenvalue weighted by Gasteiger charge is 2.09. The number of nitrogens with one attached hydrogen (secondary N) is 1. The maximum absolute atomic E-state index is 12.3. The van der Waals surface area contributed by atoms with Gasteiger partial charge in [0.05, 0.1) is 0 Å². The average Bonchev–Trinajstić information content (AvgIpc) is 2.50. The number of rotatable bonds is 5. The summed E-state index contributed by atoms with van der Waals surface area (Å²) in [5.74, 6) is -0.0646. The zero-order chi connectivity index (χ0) is 14.4. The first kappa shape index (κ1) is 14.0. The summed E-state index contributed by atoms with van der Waals surface area (Å²) in [5.41, 5.74) is 1.83. The van der Waals surface area contributed by atoms with Crippen molar-refractivity contribution in [1.29, 1.82) is 0 Å². The second-order valence-electron chi connectivity index (χ2n) is 4.50. The number of pyridine rings is 1. The van der Waals surface area contributed by atoms with Crippen molar-refractivity contribution in [2.45, 2.75) is 13.3 Å². The first-order valence-electron chi connectivity index (χ1n) is 6.67. The smallest absolute Gasteiger partial charge is 0.252 e. The number of aromatic nitrogens is 1. The molecule has 0 saturated heterocycles. The Hall–Kier alpha value is -2.42. The molecule has 0 aliphatic heterocycles. The van der Waals surface area contributed by atoms with Crippen LogP contribution in [0.3, 0.4) is 0 Å². The van der Waals surface area contributed by atoms with Crippen LogP contribution in [0.2, 0.25) is 0 Å². The summed E-state index contributed by atoms with van der Waals surface area (Å²) in [6.07, 6.45) is 8.04. The molecule has 1 aromatic heterocycles. The number of hydrogen-bond donors (Lipinski definition) is 1. The molecule has 1 heterocycles. The Bertz CT molecular complexity index is 654. The molecule has 102 valence electrons. The fourth-order valence-corrected chi connectivity index (χ4v) is 2.08. The van der Waals surface area contributed by atoms with E-state index in [1.165, 1.54) is 0 Å². The molecule has 1 aromatic carbocycles. The van der Waals surface area contributed by atoms with E-state index in [0.717, 1.165) is 22.8 Å². The lowest BCUT2D eigenvalue weighted by atomic mass is 10.1. The predicted octanol–water partition coefficient (Wildman–Crippen LogP) is 3.49. The normalized spacial score (nSPS) is 11.3. The van der Waals surface area contributed by atoms with Gasteiger partial charge in [-0.2, -0.15) is 0 Å². The lowest BCUT2D eigenvalue weighted by Gasteiger charge is -2.09. The van der Waals surface area contributed by atoms with E-state index in [1.807, 2.05) is 30.3 Å². The van der Waals surface area contributed by atoms with E-state index in [1.54, 1.807) is 18.5 Å². The van der Waals surface area contributed by atoms with Crippen LogP contribution in [0.1, 0.15) is 23.7 Å². The van der Waals surface area contributed by atoms with Crippen LogP contribution >= 0.6 is 0 Å². The van der Waals surface area contributed by atoms with E-state index in [2.05, 4.69) is 23.8 Å². The zero-order valence-corrected chi connectivity index (χ0v) is 11.6. The average molecular weight is 266 g/mol. The van der Waals surface area contributed by atoms with Gasteiger partial charge in [-0.1, -0.05) is 43.4 Å². The Kier molecular flexibility index (Phi) is 4.66. The summed E-state index contributed by atoms with van der Waals surface area (Å²) in [6, 6.07) is 7.53. The molecule has 2 aromatic rings. The lowest BCUT2D eigenvalue weighted by Crippen LogP contribution is -2.25. The lowest BCUT2D eigenvalue weighted by molar-refractivity contribution is 0.0958. The van der Waals surface area contributed by atoms with Crippen LogP contribution in [0.25, 0.3) is 10.8 Å². The highest BCUT2D eigenvalue weighted by atomic mass is 16.1. The SMILES string of the molecule is C=C/C=C(\CC)CNC(=O)c1cccc2cnccc12. The van der Waals surface area contributed by atoms with Crippen LogP contribution in [-0.4, -0.2) is 17.4 Å². The highest BCUT2D eigenvalue weighted by Crippen LogP contribution is 2.17.